The number of rotatable bonds is 8. The quantitative estimate of drug-likeness (QED) is 0.655. The lowest BCUT2D eigenvalue weighted by Crippen LogP contribution is -2.06. The Morgan fingerprint density at radius 1 is 0.963 bits per heavy atom. The van der Waals surface area contributed by atoms with Gasteiger partial charge in [-0.3, -0.25) is 4.79 Å². The number of carbonyl (C=O) groups excluding carboxylic acids is 1. The molecule has 2 aliphatic carbocycles. The molecule has 0 atom stereocenters. The number of aryl methyl sites for hydroxylation is 3. The number of halogens is 2. The molecule has 0 amide bonds. The predicted molar refractivity (Wildman–Crippen MR) is 97.8 cm³/mol. The Morgan fingerprint density at radius 3 is 2.44 bits per heavy atom. The molecule has 0 unspecified atom stereocenters. The van der Waals surface area contributed by atoms with Crippen LogP contribution < -0.4 is 9.47 Å². The summed E-state index contributed by atoms with van der Waals surface area (Å²) in [6, 6.07) is 11.2. The van der Waals surface area contributed by atoms with Crippen molar-refractivity contribution in [2.24, 2.45) is 5.92 Å². The highest BCUT2D eigenvalue weighted by Gasteiger charge is 2.23. The maximum Gasteiger partial charge on any atom is 0.387 e. The van der Waals surface area contributed by atoms with Crippen molar-refractivity contribution in [2.75, 3.05) is 6.61 Å². The molecule has 2 aromatic rings. The summed E-state index contributed by atoms with van der Waals surface area (Å²) in [5, 5.41) is 0. The molecular weight excluding hydrogens is 350 g/mol. The smallest absolute Gasteiger partial charge is 0.387 e. The number of ether oxygens (including phenoxy) is 2. The maximum atomic E-state index is 12.6. The molecule has 4 rings (SSSR count). The van der Waals surface area contributed by atoms with Crippen molar-refractivity contribution in [3.8, 4) is 11.5 Å². The Labute approximate surface area is 157 Å². The number of ketones is 1. The third-order valence-corrected chi connectivity index (χ3v) is 5.19. The zero-order chi connectivity index (χ0) is 18.8. The summed E-state index contributed by atoms with van der Waals surface area (Å²) < 4.78 is 35.6. The molecule has 1 fully saturated rings. The fourth-order valence-corrected chi connectivity index (χ4v) is 3.46. The molecule has 5 heteroatoms. The molecule has 142 valence electrons. The third-order valence-electron chi connectivity index (χ3n) is 5.19. The SMILES string of the molecule is O=C1CCc2cc(CCc3ccc(OC(F)F)c(OCC4CC4)c3)ccc21. The molecule has 2 aromatic carbocycles. The minimum Gasteiger partial charge on any atom is -0.489 e. The van der Waals surface area contributed by atoms with Crippen LogP contribution in [0.2, 0.25) is 0 Å². The average molecular weight is 372 g/mol. The van der Waals surface area contributed by atoms with Gasteiger partial charge in [0.2, 0.25) is 0 Å². The minimum absolute atomic E-state index is 0.0884. The van der Waals surface area contributed by atoms with Gasteiger partial charge in [-0.05, 0) is 66.8 Å². The van der Waals surface area contributed by atoms with Gasteiger partial charge in [-0.2, -0.15) is 8.78 Å². The molecule has 0 N–H and O–H groups in total. The largest absolute Gasteiger partial charge is 0.489 e. The minimum atomic E-state index is -2.87. The molecule has 2 aliphatic rings. The summed E-state index contributed by atoms with van der Waals surface area (Å²) in [6.07, 6.45) is 5.27. The number of hydrogen-bond acceptors (Lipinski definition) is 3. The molecule has 0 aromatic heterocycles. The first-order valence-corrected chi connectivity index (χ1v) is 9.44. The predicted octanol–water partition coefficient (Wildman–Crippen LogP) is 4.99. The molecule has 0 saturated heterocycles. The van der Waals surface area contributed by atoms with Crippen LogP contribution in [-0.4, -0.2) is 19.0 Å². The fraction of sp³-hybridized carbons (Fsp3) is 0.409. The van der Waals surface area contributed by atoms with Crippen molar-refractivity contribution < 1.29 is 23.0 Å². The summed E-state index contributed by atoms with van der Waals surface area (Å²) in [7, 11) is 0. The zero-order valence-corrected chi connectivity index (χ0v) is 15.0. The van der Waals surface area contributed by atoms with E-state index in [1.54, 1.807) is 18.2 Å². The highest BCUT2D eigenvalue weighted by molar-refractivity contribution is 6.00. The van der Waals surface area contributed by atoms with Gasteiger partial charge < -0.3 is 9.47 Å². The van der Waals surface area contributed by atoms with E-state index in [9.17, 15) is 13.6 Å². The van der Waals surface area contributed by atoms with E-state index in [1.165, 1.54) is 5.56 Å². The van der Waals surface area contributed by atoms with E-state index in [-0.39, 0.29) is 11.5 Å². The van der Waals surface area contributed by atoms with E-state index in [0.717, 1.165) is 48.8 Å². The summed E-state index contributed by atoms with van der Waals surface area (Å²) in [5.41, 5.74) is 4.17. The number of benzene rings is 2. The van der Waals surface area contributed by atoms with E-state index in [0.29, 0.717) is 24.7 Å². The highest BCUT2D eigenvalue weighted by Crippen LogP contribution is 2.34. The van der Waals surface area contributed by atoms with Crippen molar-refractivity contribution in [3.05, 3.63) is 58.7 Å². The molecule has 1 saturated carbocycles. The lowest BCUT2D eigenvalue weighted by atomic mass is 10.00. The number of Topliss-reactive ketones (excluding diaryl/α,β-unsaturated/α-hetero) is 1. The average Bonchev–Trinajstić information content (AvgIpc) is 3.41. The number of hydrogen-bond donors (Lipinski definition) is 0. The topological polar surface area (TPSA) is 35.5 Å². The molecular formula is C22H22F2O3. The molecule has 0 radical (unpaired) electrons. The molecule has 0 spiro atoms. The molecule has 0 bridgehead atoms. The van der Waals surface area contributed by atoms with Gasteiger partial charge in [0.05, 0.1) is 6.61 Å². The summed E-state index contributed by atoms with van der Waals surface area (Å²) in [6.45, 7) is -2.32. The van der Waals surface area contributed by atoms with Crippen LogP contribution in [0.15, 0.2) is 36.4 Å². The van der Waals surface area contributed by atoms with Crippen molar-refractivity contribution in [2.45, 2.75) is 45.1 Å². The van der Waals surface area contributed by atoms with Gasteiger partial charge in [-0.15, -0.1) is 0 Å². The lowest BCUT2D eigenvalue weighted by Gasteiger charge is -2.14. The molecule has 0 heterocycles. The van der Waals surface area contributed by atoms with Gasteiger partial charge >= 0.3 is 6.61 Å². The van der Waals surface area contributed by atoms with E-state index < -0.39 is 6.61 Å². The van der Waals surface area contributed by atoms with Crippen LogP contribution in [0.4, 0.5) is 8.78 Å². The van der Waals surface area contributed by atoms with Gasteiger partial charge in [-0.25, -0.2) is 0 Å². The Kier molecular flexibility index (Phi) is 5.10. The lowest BCUT2D eigenvalue weighted by molar-refractivity contribution is -0.0515. The molecule has 3 nitrogen and oxygen atoms in total. The van der Waals surface area contributed by atoms with E-state index in [2.05, 4.69) is 10.8 Å². The summed E-state index contributed by atoms with van der Waals surface area (Å²) in [5.74, 6) is 1.23. The van der Waals surface area contributed by atoms with E-state index in [1.807, 2.05) is 12.1 Å². The Balaban J connectivity index is 1.44. The first-order valence-electron chi connectivity index (χ1n) is 9.44. The molecule has 0 aliphatic heterocycles. The maximum absolute atomic E-state index is 12.6. The van der Waals surface area contributed by atoms with Crippen molar-refractivity contribution in [1.29, 1.82) is 0 Å². The Hall–Kier alpha value is -2.43. The third kappa shape index (κ3) is 4.46. The number of carbonyl (C=O) groups is 1. The van der Waals surface area contributed by atoms with E-state index in [4.69, 9.17) is 4.74 Å². The van der Waals surface area contributed by atoms with Crippen LogP contribution in [0.5, 0.6) is 11.5 Å². The summed E-state index contributed by atoms with van der Waals surface area (Å²) in [4.78, 5) is 11.7. The van der Waals surface area contributed by atoms with Crippen molar-refractivity contribution in [3.63, 3.8) is 0 Å². The molecule has 27 heavy (non-hydrogen) atoms. The second kappa shape index (κ2) is 7.67. The van der Waals surface area contributed by atoms with Crippen LogP contribution in [-0.2, 0) is 19.3 Å². The second-order valence-electron chi connectivity index (χ2n) is 7.33. The zero-order valence-electron chi connectivity index (χ0n) is 15.0. The van der Waals surface area contributed by atoms with Crippen LogP contribution in [0.3, 0.4) is 0 Å². The monoisotopic (exact) mass is 372 g/mol. The van der Waals surface area contributed by atoms with Crippen molar-refractivity contribution >= 4 is 5.78 Å². The Morgan fingerprint density at radius 2 is 1.70 bits per heavy atom. The highest BCUT2D eigenvalue weighted by atomic mass is 19.3. The normalized spacial score (nSPS) is 15.9. The van der Waals surface area contributed by atoms with Crippen LogP contribution >= 0.6 is 0 Å². The van der Waals surface area contributed by atoms with Crippen molar-refractivity contribution in [1.82, 2.24) is 0 Å². The van der Waals surface area contributed by atoms with Gasteiger partial charge in [-0.1, -0.05) is 24.3 Å². The fourth-order valence-electron chi connectivity index (χ4n) is 3.46. The first kappa shape index (κ1) is 18.0. The van der Waals surface area contributed by atoms with Crippen LogP contribution in [0.25, 0.3) is 0 Å². The second-order valence-corrected chi connectivity index (χ2v) is 7.33. The van der Waals surface area contributed by atoms with Gasteiger partial charge in [0.25, 0.3) is 0 Å². The van der Waals surface area contributed by atoms with Gasteiger partial charge in [0.15, 0.2) is 17.3 Å². The van der Waals surface area contributed by atoms with Gasteiger partial charge in [0.1, 0.15) is 0 Å². The summed E-state index contributed by atoms with van der Waals surface area (Å²) >= 11 is 0. The van der Waals surface area contributed by atoms with Crippen LogP contribution in [0.1, 0.15) is 46.3 Å². The standard InChI is InChI=1S/C22H22F2O3/c23-22(24)27-20-10-6-15(12-21(20)26-13-16-3-4-16)2-1-14-5-8-18-17(11-14)7-9-19(18)25/h5-6,8,10-12,16,22H,1-4,7,9,13H2. The first-order chi connectivity index (χ1) is 13.1. The van der Waals surface area contributed by atoms with E-state index >= 15 is 0 Å². The Bertz CT molecular complexity index is 843. The number of alkyl halides is 2. The number of fused-ring (bicyclic) bond motifs is 1. The van der Waals surface area contributed by atoms with Gasteiger partial charge in [0, 0.05) is 12.0 Å². The van der Waals surface area contributed by atoms with Crippen LogP contribution in [0, 0.1) is 5.92 Å².